The van der Waals surface area contributed by atoms with Crippen LogP contribution in [-0.4, -0.2) is 16.3 Å². The molecule has 0 heterocycles. The number of hydrogen-bond acceptors (Lipinski definition) is 0. The van der Waals surface area contributed by atoms with E-state index in [1.165, 1.54) is 60.4 Å². The molecule has 1 aromatic carbocycles. The molecule has 16 heavy (non-hydrogen) atoms. The van der Waals surface area contributed by atoms with E-state index in [-0.39, 0.29) is 1.43 Å². The third kappa shape index (κ3) is 5.19. The molecule has 0 saturated carbocycles. The van der Waals surface area contributed by atoms with Crippen molar-refractivity contribution in [3.05, 3.63) is 35.4 Å². The molecule has 1 rings (SSSR count). The number of aryl methyl sites for hydroxylation is 1. The van der Waals surface area contributed by atoms with E-state index in [0.29, 0.717) is 0 Å². The van der Waals surface area contributed by atoms with Crippen LogP contribution in [0.3, 0.4) is 0 Å². The average Bonchev–Trinajstić information content (AvgIpc) is 2.29. The Morgan fingerprint density at radius 3 is 2.31 bits per heavy atom. The Kier molecular flexibility index (Phi) is 6.85. The van der Waals surface area contributed by atoms with Gasteiger partial charge >= 0.3 is 0 Å². The molecule has 0 fully saturated rings. The van der Waals surface area contributed by atoms with Gasteiger partial charge in [-0.25, -0.2) is 0 Å². The van der Waals surface area contributed by atoms with E-state index in [1.807, 2.05) is 0 Å². The first-order valence-electron chi connectivity index (χ1n) is 6.80. The number of benzene rings is 1. The van der Waals surface area contributed by atoms with E-state index in [9.17, 15) is 0 Å². The zero-order chi connectivity index (χ0) is 11.8. The van der Waals surface area contributed by atoms with Gasteiger partial charge in [0, 0.05) is 1.43 Å². The molecule has 0 spiro atoms. The van der Waals surface area contributed by atoms with E-state index in [4.69, 9.17) is 0 Å². The molecule has 0 amide bonds. The highest BCUT2D eigenvalue weighted by Crippen LogP contribution is 2.20. The highest BCUT2D eigenvalue weighted by Gasteiger charge is 2.04. The Labute approximate surface area is 110 Å². The summed E-state index contributed by atoms with van der Waals surface area (Å²) in [5, 5.41) is 0. The normalized spacial score (nSPS) is 12.6. The van der Waals surface area contributed by atoms with Crippen LogP contribution >= 0.6 is 0 Å². The van der Waals surface area contributed by atoms with Crippen molar-refractivity contribution in [1.29, 1.82) is 0 Å². The van der Waals surface area contributed by atoms with Gasteiger partial charge in [0.05, 0.1) is 0 Å². The third-order valence-electron chi connectivity index (χ3n) is 3.39. The second-order valence-corrected chi connectivity index (χ2v) is 6.41. The summed E-state index contributed by atoms with van der Waals surface area (Å²) in [6, 6.07) is 9.13. The zero-order valence-electron chi connectivity index (χ0n) is 11.1. The molecule has 0 N–H and O–H groups in total. The molecule has 90 valence electrons. The standard InChI is InChI=1S/C15H23.Al.H2.2H/c1-3-4-5-6-7-8-9-15-12-10-14(2)11-13-15;;;;/h9-13H,3-8H2,1-2H3;;1H;;. The van der Waals surface area contributed by atoms with Crippen molar-refractivity contribution >= 4 is 16.3 Å². The van der Waals surface area contributed by atoms with Crippen molar-refractivity contribution in [2.24, 2.45) is 0 Å². The summed E-state index contributed by atoms with van der Waals surface area (Å²) >= 11 is 1.29. The minimum Gasteiger partial charge on any atom is -0.0670 e. The molecule has 0 bridgehead atoms. The van der Waals surface area contributed by atoms with Gasteiger partial charge in [-0.1, -0.05) is 85.6 Å². The molecule has 1 atom stereocenters. The van der Waals surface area contributed by atoms with Crippen LogP contribution < -0.4 is 0 Å². The van der Waals surface area contributed by atoms with Gasteiger partial charge < -0.3 is 0 Å². The van der Waals surface area contributed by atoms with Gasteiger partial charge in [0.1, 0.15) is 0 Å². The van der Waals surface area contributed by atoms with Gasteiger partial charge in [-0.3, -0.25) is 0 Å². The Balaban J connectivity index is 0.00000256. The number of unbranched alkanes of at least 4 members (excludes halogenated alkanes) is 4. The molecule has 0 aliphatic heterocycles. The smallest absolute Gasteiger partial charge is 0.0670 e. The maximum atomic E-state index is 2.32. The SMILES string of the molecule is CCCCCCC[CH]([AlH2])c1ccc(C)cc1.[HH]. The summed E-state index contributed by atoms with van der Waals surface area (Å²) < 4.78 is 0.863. The summed E-state index contributed by atoms with van der Waals surface area (Å²) in [7, 11) is 0. The Morgan fingerprint density at radius 2 is 1.69 bits per heavy atom. The molecule has 0 aliphatic carbocycles. The van der Waals surface area contributed by atoms with Gasteiger partial charge in [-0.15, -0.1) is 0 Å². The third-order valence-corrected chi connectivity index (χ3v) is 4.63. The van der Waals surface area contributed by atoms with Crippen molar-refractivity contribution in [3.63, 3.8) is 0 Å². The van der Waals surface area contributed by atoms with Crippen molar-refractivity contribution in [1.82, 2.24) is 0 Å². The second-order valence-electron chi connectivity index (χ2n) is 5.01. The Hall–Kier alpha value is -0.248. The molecule has 0 radical (unpaired) electrons. The quantitative estimate of drug-likeness (QED) is 0.488. The minimum absolute atomic E-state index is 0. The number of hydrogen-bond donors (Lipinski definition) is 0. The fourth-order valence-corrected chi connectivity index (χ4v) is 2.91. The summed E-state index contributed by atoms with van der Waals surface area (Å²) in [6.07, 6.45) is 8.44. The van der Waals surface area contributed by atoms with Crippen LogP contribution in [0.25, 0.3) is 0 Å². The summed E-state index contributed by atoms with van der Waals surface area (Å²) in [5.41, 5.74) is 2.94. The highest BCUT2D eigenvalue weighted by atomic mass is 27.0. The maximum absolute atomic E-state index is 2.32. The average molecular weight is 234 g/mol. The Morgan fingerprint density at radius 1 is 1.06 bits per heavy atom. The van der Waals surface area contributed by atoms with Gasteiger partial charge in [0.2, 0.25) is 16.3 Å². The minimum atomic E-state index is 0. The molecule has 1 aromatic rings. The largest absolute Gasteiger partial charge is 0.223 e. The zero-order valence-corrected chi connectivity index (χ0v) is 13.1. The summed E-state index contributed by atoms with van der Waals surface area (Å²) in [6.45, 7) is 4.44. The van der Waals surface area contributed by atoms with E-state index in [0.717, 1.165) is 4.78 Å². The lowest BCUT2D eigenvalue weighted by molar-refractivity contribution is 0.601. The first-order valence-corrected chi connectivity index (χ1v) is 7.96. The lowest BCUT2D eigenvalue weighted by atomic mass is 10.0. The van der Waals surface area contributed by atoms with Crippen molar-refractivity contribution in [2.45, 2.75) is 57.2 Å². The van der Waals surface area contributed by atoms with E-state index in [1.54, 1.807) is 5.56 Å². The van der Waals surface area contributed by atoms with Crippen LogP contribution in [0, 0.1) is 6.92 Å². The molecule has 1 unspecified atom stereocenters. The lowest BCUT2D eigenvalue weighted by Crippen LogP contribution is -1.98. The molecule has 0 aliphatic rings. The van der Waals surface area contributed by atoms with Gasteiger partial charge in [0.15, 0.2) is 0 Å². The fourth-order valence-electron chi connectivity index (χ4n) is 2.12. The summed E-state index contributed by atoms with van der Waals surface area (Å²) in [4.78, 5) is 0. The van der Waals surface area contributed by atoms with E-state index >= 15 is 0 Å². The van der Waals surface area contributed by atoms with Crippen molar-refractivity contribution in [3.8, 4) is 0 Å². The Bertz CT molecular complexity index is 281. The van der Waals surface area contributed by atoms with Crippen molar-refractivity contribution < 1.29 is 1.43 Å². The lowest BCUT2D eigenvalue weighted by Gasteiger charge is -2.12. The molecule has 1 heteroatoms. The predicted octanol–water partition coefficient (Wildman–Crippen LogP) is 4.28. The van der Waals surface area contributed by atoms with E-state index in [2.05, 4.69) is 38.1 Å². The summed E-state index contributed by atoms with van der Waals surface area (Å²) in [5.74, 6) is 0. The second kappa shape index (κ2) is 7.93. The van der Waals surface area contributed by atoms with Crippen LogP contribution in [0.4, 0.5) is 0 Å². The monoisotopic (exact) mass is 234 g/mol. The van der Waals surface area contributed by atoms with Crippen LogP contribution in [0.1, 0.15) is 62.8 Å². The van der Waals surface area contributed by atoms with E-state index < -0.39 is 0 Å². The highest BCUT2D eigenvalue weighted by molar-refractivity contribution is 6.12. The van der Waals surface area contributed by atoms with Gasteiger partial charge in [-0.2, -0.15) is 0 Å². The fraction of sp³-hybridized carbons (Fsp3) is 0.600. The van der Waals surface area contributed by atoms with Crippen LogP contribution in [-0.2, 0) is 0 Å². The molecule has 0 nitrogen and oxygen atoms in total. The van der Waals surface area contributed by atoms with Gasteiger partial charge in [0.25, 0.3) is 0 Å². The van der Waals surface area contributed by atoms with Crippen LogP contribution in [0.2, 0.25) is 0 Å². The predicted molar refractivity (Wildman–Crippen MR) is 78.0 cm³/mol. The number of rotatable bonds is 7. The first kappa shape index (κ1) is 13.8. The molecular weight excluding hydrogens is 207 g/mol. The first-order chi connectivity index (χ1) is 7.74. The van der Waals surface area contributed by atoms with Crippen LogP contribution in [0.15, 0.2) is 24.3 Å². The maximum Gasteiger partial charge on any atom is 0.223 e. The van der Waals surface area contributed by atoms with Gasteiger partial charge in [-0.05, 0) is 6.92 Å². The molecule has 0 aromatic heterocycles. The topological polar surface area (TPSA) is 0 Å². The molecule has 0 saturated heterocycles. The molecular formula is C15H27Al. The van der Waals surface area contributed by atoms with Crippen molar-refractivity contribution in [2.75, 3.05) is 0 Å². The van der Waals surface area contributed by atoms with Crippen LogP contribution in [0.5, 0.6) is 0 Å².